The highest BCUT2D eigenvalue weighted by atomic mass is 16.5. The van der Waals surface area contributed by atoms with Crippen LogP contribution < -0.4 is 5.32 Å². The molecule has 0 saturated carbocycles. The fraction of sp³-hybridized carbons (Fsp3) is 1.00. The summed E-state index contributed by atoms with van der Waals surface area (Å²) in [7, 11) is 0. The van der Waals surface area contributed by atoms with Gasteiger partial charge in [-0.1, -0.05) is 6.92 Å². The molecule has 0 aromatic carbocycles. The predicted octanol–water partition coefficient (Wildman–Crippen LogP) is 1.16. The molecule has 0 amide bonds. The van der Waals surface area contributed by atoms with Crippen molar-refractivity contribution in [3.05, 3.63) is 0 Å². The Labute approximate surface area is 81.5 Å². The maximum atomic E-state index is 9.45. The first-order chi connectivity index (χ1) is 6.02. The molecule has 0 rings (SSSR count). The van der Waals surface area contributed by atoms with E-state index in [1.165, 1.54) is 0 Å². The molecule has 0 aliphatic heterocycles. The van der Waals surface area contributed by atoms with E-state index in [-0.39, 0.29) is 5.54 Å². The van der Waals surface area contributed by atoms with Crippen LogP contribution in [0.4, 0.5) is 0 Å². The van der Waals surface area contributed by atoms with Crippen molar-refractivity contribution in [2.45, 2.75) is 45.8 Å². The van der Waals surface area contributed by atoms with E-state index in [0.717, 1.165) is 6.42 Å². The number of ether oxygens (including phenoxy) is 1. The molecule has 0 aliphatic carbocycles. The van der Waals surface area contributed by atoms with Gasteiger partial charge in [0, 0.05) is 18.7 Å². The van der Waals surface area contributed by atoms with E-state index in [0.29, 0.717) is 19.8 Å². The van der Waals surface area contributed by atoms with Gasteiger partial charge in [-0.2, -0.15) is 0 Å². The normalized spacial score (nSPS) is 14.5. The van der Waals surface area contributed by atoms with Crippen LogP contribution in [0.5, 0.6) is 0 Å². The average molecular weight is 189 g/mol. The lowest BCUT2D eigenvalue weighted by atomic mass is 10.0. The third-order valence-electron chi connectivity index (χ3n) is 2.21. The Kier molecular flexibility index (Phi) is 6.29. The Bertz CT molecular complexity index is 126. The molecule has 80 valence electrons. The van der Waals surface area contributed by atoms with Crippen molar-refractivity contribution in [1.29, 1.82) is 0 Å². The highest BCUT2D eigenvalue weighted by Gasteiger charge is 2.15. The zero-order valence-corrected chi connectivity index (χ0v) is 9.26. The third kappa shape index (κ3) is 6.99. The second kappa shape index (κ2) is 6.35. The van der Waals surface area contributed by atoms with Gasteiger partial charge in [0.05, 0.1) is 12.7 Å². The lowest BCUT2D eigenvalue weighted by Gasteiger charge is -2.26. The van der Waals surface area contributed by atoms with Gasteiger partial charge in [0.15, 0.2) is 0 Å². The van der Waals surface area contributed by atoms with Crippen molar-refractivity contribution in [1.82, 2.24) is 5.32 Å². The number of hydrogen-bond donors (Lipinski definition) is 2. The minimum Gasteiger partial charge on any atom is -0.389 e. The van der Waals surface area contributed by atoms with Crippen LogP contribution in [0.1, 0.15) is 34.1 Å². The first-order valence-corrected chi connectivity index (χ1v) is 5.02. The Balaban J connectivity index is 3.51. The van der Waals surface area contributed by atoms with Gasteiger partial charge in [-0.05, 0) is 27.2 Å². The number of aliphatic hydroxyl groups excluding tert-OH is 1. The van der Waals surface area contributed by atoms with E-state index in [1.807, 2.05) is 6.92 Å². The van der Waals surface area contributed by atoms with Crippen LogP contribution in [0.3, 0.4) is 0 Å². The minimum atomic E-state index is -0.397. The van der Waals surface area contributed by atoms with Gasteiger partial charge in [-0.25, -0.2) is 0 Å². The molecule has 2 N–H and O–H groups in total. The Morgan fingerprint density at radius 2 is 2.00 bits per heavy atom. The fourth-order valence-electron chi connectivity index (χ4n) is 0.832. The van der Waals surface area contributed by atoms with E-state index >= 15 is 0 Å². The van der Waals surface area contributed by atoms with Crippen molar-refractivity contribution in [3.63, 3.8) is 0 Å². The maximum Gasteiger partial charge on any atom is 0.0897 e. The van der Waals surface area contributed by atoms with Gasteiger partial charge < -0.3 is 15.2 Å². The summed E-state index contributed by atoms with van der Waals surface area (Å²) in [4.78, 5) is 0. The molecule has 0 spiro atoms. The van der Waals surface area contributed by atoms with Crippen LogP contribution in [-0.2, 0) is 4.74 Å². The van der Waals surface area contributed by atoms with Crippen LogP contribution in [0.2, 0.25) is 0 Å². The number of rotatable bonds is 7. The summed E-state index contributed by atoms with van der Waals surface area (Å²) >= 11 is 0. The molecule has 3 nitrogen and oxygen atoms in total. The summed E-state index contributed by atoms with van der Waals surface area (Å²) < 4.78 is 5.10. The zero-order chi connectivity index (χ0) is 10.3. The summed E-state index contributed by atoms with van der Waals surface area (Å²) in [5.41, 5.74) is 0.104. The number of hydrogen-bond acceptors (Lipinski definition) is 3. The van der Waals surface area contributed by atoms with Crippen LogP contribution in [0.15, 0.2) is 0 Å². The van der Waals surface area contributed by atoms with Crippen molar-refractivity contribution in [3.8, 4) is 0 Å². The molecule has 0 aromatic heterocycles. The number of nitrogens with one attached hydrogen (secondary N) is 1. The smallest absolute Gasteiger partial charge is 0.0897 e. The molecule has 0 fully saturated rings. The zero-order valence-electron chi connectivity index (χ0n) is 9.26. The average Bonchev–Trinajstić information content (AvgIpc) is 2.11. The minimum absolute atomic E-state index is 0.104. The van der Waals surface area contributed by atoms with Gasteiger partial charge >= 0.3 is 0 Å². The van der Waals surface area contributed by atoms with Crippen molar-refractivity contribution < 1.29 is 9.84 Å². The molecular formula is C10H23NO2. The Morgan fingerprint density at radius 3 is 2.46 bits per heavy atom. The molecule has 0 aromatic rings. The number of aliphatic hydroxyl groups is 1. The van der Waals surface area contributed by atoms with E-state index in [4.69, 9.17) is 4.74 Å². The predicted molar refractivity (Wildman–Crippen MR) is 54.9 cm³/mol. The molecule has 1 unspecified atom stereocenters. The van der Waals surface area contributed by atoms with Crippen molar-refractivity contribution in [2.24, 2.45) is 0 Å². The highest BCUT2D eigenvalue weighted by Crippen LogP contribution is 2.06. The summed E-state index contributed by atoms with van der Waals surface area (Å²) in [6.45, 7) is 9.98. The molecular weight excluding hydrogens is 166 g/mol. The van der Waals surface area contributed by atoms with E-state index < -0.39 is 6.10 Å². The van der Waals surface area contributed by atoms with Crippen LogP contribution in [0, 0.1) is 0 Å². The second-order valence-electron chi connectivity index (χ2n) is 3.93. The van der Waals surface area contributed by atoms with Gasteiger partial charge in [0.25, 0.3) is 0 Å². The van der Waals surface area contributed by atoms with Gasteiger partial charge in [0.2, 0.25) is 0 Å². The van der Waals surface area contributed by atoms with Gasteiger partial charge in [-0.3, -0.25) is 0 Å². The molecule has 0 saturated heterocycles. The summed E-state index contributed by atoms with van der Waals surface area (Å²) in [6, 6.07) is 0. The quantitative estimate of drug-likeness (QED) is 0.631. The van der Waals surface area contributed by atoms with E-state index in [2.05, 4.69) is 26.1 Å². The lowest BCUT2D eigenvalue weighted by Crippen LogP contribution is -2.43. The first kappa shape index (κ1) is 12.9. The standard InChI is InChI=1S/C10H23NO2/c1-5-10(3,4)11-7-9(12)8-13-6-2/h9,11-12H,5-8H2,1-4H3. The largest absolute Gasteiger partial charge is 0.389 e. The molecule has 13 heavy (non-hydrogen) atoms. The van der Waals surface area contributed by atoms with Crippen molar-refractivity contribution in [2.75, 3.05) is 19.8 Å². The Morgan fingerprint density at radius 1 is 1.38 bits per heavy atom. The molecule has 0 radical (unpaired) electrons. The monoisotopic (exact) mass is 189 g/mol. The second-order valence-corrected chi connectivity index (χ2v) is 3.93. The first-order valence-electron chi connectivity index (χ1n) is 5.02. The van der Waals surface area contributed by atoms with Gasteiger partial charge in [0.1, 0.15) is 0 Å². The van der Waals surface area contributed by atoms with E-state index in [1.54, 1.807) is 0 Å². The molecule has 1 atom stereocenters. The Hall–Kier alpha value is -0.120. The summed E-state index contributed by atoms with van der Waals surface area (Å²) in [6.07, 6.45) is 0.653. The maximum absolute atomic E-state index is 9.45. The molecule has 3 heteroatoms. The summed E-state index contributed by atoms with van der Waals surface area (Å²) in [5.74, 6) is 0. The van der Waals surface area contributed by atoms with Crippen molar-refractivity contribution >= 4 is 0 Å². The molecule has 0 bridgehead atoms. The third-order valence-corrected chi connectivity index (χ3v) is 2.21. The van der Waals surface area contributed by atoms with Crippen LogP contribution in [0.25, 0.3) is 0 Å². The topological polar surface area (TPSA) is 41.5 Å². The molecule has 0 heterocycles. The highest BCUT2D eigenvalue weighted by molar-refractivity contribution is 4.76. The van der Waals surface area contributed by atoms with E-state index in [9.17, 15) is 5.11 Å². The van der Waals surface area contributed by atoms with Gasteiger partial charge in [-0.15, -0.1) is 0 Å². The SMILES string of the molecule is CCOCC(O)CNC(C)(C)CC. The lowest BCUT2D eigenvalue weighted by molar-refractivity contribution is 0.0390. The van der Waals surface area contributed by atoms with Crippen LogP contribution in [-0.4, -0.2) is 36.5 Å². The number of β-amino-alcohol motifs (C(OH)–C–C–N with tert-alkyl or cyclic N) is 1. The molecule has 0 aliphatic rings. The van der Waals surface area contributed by atoms with Crippen LogP contribution >= 0.6 is 0 Å². The fourth-order valence-corrected chi connectivity index (χ4v) is 0.832. The summed E-state index contributed by atoms with van der Waals surface area (Å²) in [5, 5.41) is 12.7.